The van der Waals surface area contributed by atoms with Crippen LogP contribution < -0.4 is 4.90 Å². The van der Waals surface area contributed by atoms with Gasteiger partial charge in [0.05, 0.1) is 6.07 Å². The number of hydrogen-bond donors (Lipinski definition) is 0. The molecule has 0 aromatic heterocycles. The van der Waals surface area contributed by atoms with Gasteiger partial charge in [0.1, 0.15) is 5.92 Å². The molecule has 3 nitrogen and oxygen atoms in total. The summed E-state index contributed by atoms with van der Waals surface area (Å²) in [5.74, 6) is -0.597. The number of carbonyl (C=O) groups excluding carboxylic acids is 1. The highest BCUT2D eigenvalue weighted by molar-refractivity contribution is 6.30. The van der Waals surface area contributed by atoms with Crippen molar-refractivity contribution in [2.45, 2.75) is 6.42 Å². The van der Waals surface area contributed by atoms with Gasteiger partial charge in [-0.3, -0.25) is 4.79 Å². The summed E-state index contributed by atoms with van der Waals surface area (Å²) >= 11 is 5.75. The fourth-order valence-electron chi connectivity index (χ4n) is 1.68. The molecular weight excluding hydrogens is 212 g/mol. The molecule has 0 spiro atoms. The lowest BCUT2D eigenvalue weighted by molar-refractivity contribution is -0.118. The molecule has 1 aromatic carbocycles. The second-order valence-electron chi connectivity index (χ2n) is 3.44. The van der Waals surface area contributed by atoms with Crippen LogP contribution in [0.4, 0.5) is 5.69 Å². The zero-order valence-electron chi connectivity index (χ0n) is 7.98. The Morgan fingerprint density at radius 3 is 2.60 bits per heavy atom. The molecule has 1 aromatic rings. The highest BCUT2D eigenvalue weighted by atomic mass is 35.5. The lowest BCUT2D eigenvalue weighted by Gasteiger charge is -2.15. The summed E-state index contributed by atoms with van der Waals surface area (Å²) < 4.78 is 0. The molecule has 1 aliphatic heterocycles. The van der Waals surface area contributed by atoms with Crippen molar-refractivity contribution in [3.8, 4) is 6.07 Å². The first-order valence-corrected chi connectivity index (χ1v) is 5.07. The van der Waals surface area contributed by atoms with E-state index in [-0.39, 0.29) is 5.91 Å². The first kappa shape index (κ1) is 10.0. The van der Waals surface area contributed by atoms with E-state index in [2.05, 4.69) is 0 Å². The van der Waals surface area contributed by atoms with E-state index in [0.717, 1.165) is 5.69 Å². The molecule has 1 fully saturated rings. The number of benzene rings is 1. The summed E-state index contributed by atoms with van der Waals surface area (Å²) in [4.78, 5) is 13.3. The molecule has 4 heteroatoms. The van der Waals surface area contributed by atoms with Crippen molar-refractivity contribution < 1.29 is 4.79 Å². The van der Waals surface area contributed by atoms with Crippen LogP contribution in [0.2, 0.25) is 5.02 Å². The van der Waals surface area contributed by atoms with E-state index in [4.69, 9.17) is 16.9 Å². The Morgan fingerprint density at radius 1 is 1.40 bits per heavy atom. The van der Waals surface area contributed by atoms with Crippen LogP contribution in [0, 0.1) is 17.2 Å². The lowest BCUT2D eigenvalue weighted by atomic mass is 10.1. The van der Waals surface area contributed by atoms with E-state index < -0.39 is 5.92 Å². The van der Waals surface area contributed by atoms with Crippen LogP contribution in [0.1, 0.15) is 6.42 Å². The van der Waals surface area contributed by atoms with Crippen LogP contribution in [0.15, 0.2) is 24.3 Å². The van der Waals surface area contributed by atoms with E-state index in [1.165, 1.54) is 0 Å². The van der Waals surface area contributed by atoms with Gasteiger partial charge in [-0.2, -0.15) is 5.26 Å². The smallest absolute Gasteiger partial charge is 0.244 e. The summed E-state index contributed by atoms with van der Waals surface area (Å²) in [5, 5.41) is 9.37. The van der Waals surface area contributed by atoms with Crippen molar-refractivity contribution in [3.05, 3.63) is 29.3 Å². The quantitative estimate of drug-likeness (QED) is 0.729. The molecule has 76 valence electrons. The van der Waals surface area contributed by atoms with E-state index >= 15 is 0 Å². The highest BCUT2D eigenvalue weighted by Gasteiger charge is 2.32. The van der Waals surface area contributed by atoms with Gasteiger partial charge in [-0.05, 0) is 30.7 Å². The number of nitriles is 1. The number of rotatable bonds is 1. The molecule has 0 bridgehead atoms. The molecule has 0 unspecified atom stereocenters. The summed E-state index contributed by atoms with van der Waals surface area (Å²) in [6.45, 7) is 0.610. The summed E-state index contributed by atoms with van der Waals surface area (Å²) in [7, 11) is 0. The SMILES string of the molecule is N#C[C@H]1CCN(c2ccc(Cl)cc2)C1=O. The standard InChI is InChI=1S/C11H9ClN2O/c12-9-1-3-10(4-2-9)14-6-5-8(7-13)11(14)15/h1-4,8H,5-6H2/t8-/m1/s1. The molecular formula is C11H9ClN2O. The first-order valence-electron chi connectivity index (χ1n) is 4.69. The zero-order chi connectivity index (χ0) is 10.8. The van der Waals surface area contributed by atoms with Gasteiger partial charge in [0.15, 0.2) is 0 Å². The maximum Gasteiger partial charge on any atom is 0.244 e. The number of amides is 1. The van der Waals surface area contributed by atoms with Gasteiger partial charge in [-0.25, -0.2) is 0 Å². The number of carbonyl (C=O) groups is 1. The van der Waals surface area contributed by atoms with Crippen LogP contribution in [0.5, 0.6) is 0 Å². The van der Waals surface area contributed by atoms with E-state index in [0.29, 0.717) is 18.0 Å². The van der Waals surface area contributed by atoms with Crippen LogP contribution in [-0.4, -0.2) is 12.5 Å². The van der Waals surface area contributed by atoms with Gasteiger partial charge in [0, 0.05) is 17.3 Å². The van der Waals surface area contributed by atoms with Crippen LogP contribution in [0.25, 0.3) is 0 Å². The second-order valence-corrected chi connectivity index (χ2v) is 3.87. The fraction of sp³-hybridized carbons (Fsp3) is 0.273. The number of nitrogens with zero attached hydrogens (tertiary/aromatic N) is 2. The monoisotopic (exact) mass is 220 g/mol. The minimum Gasteiger partial charge on any atom is -0.311 e. The fourth-order valence-corrected chi connectivity index (χ4v) is 1.80. The molecule has 1 heterocycles. The van der Waals surface area contributed by atoms with Crippen molar-refractivity contribution in [1.29, 1.82) is 5.26 Å². The average molecular weight is 221 g/mol. The van der Waals surface area contributed by atoms with E-state index in [1.807, 2.05) is 6.07 Å². The Morgan fingerprint density at radius 2 is 2.07 bits per heavy atom. The summed E-state index contributed by atoms with van der Waals surface area (Å²) in [5.41, 5.74) is 0.808. The third kappa shape index (κ3) is 1.81. The van der Waals surface area contributed by atoms with Crippen LogP contribution in [0.3, 0.4) is 0 Å². The molecule has 0 aliphatic carbocycles. The van der Waals surface area contributed by atoms with Gasteiger partial charge < -0.3 is 4.90 Å². The largest absolute Gasteiger partial charge is 0.311 e. The Labute approximate surface area is 92.9 Å². The van der Waals surface area contributed by atoms with Gasteiger partial charge in [0.25, 0.3) is 0 Å². The maximum absolute atomic E-state index is 11.7. The van der Waals surface area contributed by atoms with Crippen LogP contribution in [-0.2, 0) is 4.79 Å². The Hall–Kier alpha value is -1.53. The second kappa shape index (κ2) is 3.92. The Kier molecular flexibility index (Phi) is 2.61. The lowest BCUT2D eigenvalue weighted by Crippen LogP contribution is -2.26. The van der Waals surface area contributed by atoms with Crippen molar-refractivity contribution >= 4 is 23.2 Å². The molecule has 0 N–H and O–H groups in total. The topological polar surface area (TPSA) is 44.1 Å². The van der Waals surface area contributed by atoms with Crippen LogP contribution >= 0.6 is 11.6 Å². The minimum atomic E-state index is -0.485. The minimum absolute atomic E-state index is 0.111. The summed E-state index contributed by atoms with van der Waals surface area (Å²) in [6.07, 6.45) is 0.609. The van der Waals surface area contributed by atoms with Gasteiger partial charge >= 0.3 is 0 Å². The molecule has 0 radical (unpaired) electrons. The first-order chi connectivity index (χ1) is 7.22. The van der Waals surface area contributed by atoms with Gasteiger partial charge in [-0.15, -0.1) is 0 Å². The van der Waals surface area contributed by atoms with E-state index in [1.54, 1.807) is 29.2 Å². The van der Waals surface area contributed by atoms with Crippen molar-refractivity contribution in [2.75, 3.05) is 11.4 Å². The van der Waals surface area contributed by atoms with E-state index in [9.17, 15) is 4.79 Å². The summed E-state index contributed by atoms with van der Waals surface area (Å²) in [6, 6.07) is 9.07. The predicted molar refractivity (Wildman–Crippen MR) is 57.5 cm³/mol. The number of halogens is 1. The molecule has 2 rings (SSSR count). The molecule has 15 heavy (non-hydrogen) atoms. The Balaban J connectivity index is 2.23. The zero-order valence-corrected chi connectivity index (χ0v) is 8.74. The molecule has 1 atom stereocenters. The highest BCUT2D eigenvalue weighted by Crippen LogP contribution is 2.25. The normalized spacial score (nSPS) is 20.4. The van der Waals surface area contributed by atoms with Gasteiger partial charge in [-0.1, -0.05) is 11.6 Å². The third-order valence-corrected chi connectivity index (χ3v) is 2.75. The predicted octanol–water partition coefficient (Wildman–Crippen LogP) is 2.22. The average Bonchev–Trinajstić information content (AvgIpc) is 2.61. The van der Waals surface area contributed by atoms with Gasteiger partial charge in [0.2, 0.25) is 5.91 Å². The number of hydrogen-bond acceptors (Lipinski definition) is 2. The Bertz CT molecular complexity index is 421. The molecule has 0 saturated carbocycles. The van der Waals surface area contributed by atoms with Crippen molar-refractivity contribution in [2.24, 2.45) is 5.92 Å². The van der Waals surface area contributed by atoms with Crippen molar-refractivity contribution in [1.82, 2.24) is 0 Å². The third-order valence-electron chi connectivity index (χ3n) is 2.50. The molecule has 1 saturated heterocycles. The molecule has 1 amide bonds. The van der Waals surface area contributed by atoms with Crippen molar-refractivity contribution in [3.63, 3.8) is 0 Å². The maximum atomic E-state index is 11.7. The molecule has 1 aliphatic rings. The number of anilines is 1.